The Labute approximate surface area is 109 Å². The summed E-state index contributed by atoms with van der Waals surface area (Å²) in [7, 11) is 0. The van der Waals surface area contributed by atoms with Gasteiger partial charge in [-0.1, -0.05) is 39.8 Å². The fraction of sp³-hybridized carbons (Fsp3) is 0.533. The van der Waals surface area contributed by atoms with Crippen molar-refractivity contribution in [2.45, 2.75) is 46.0 Å². The summed E-state index contributed by atoms with van der Waals surface area (Å²) in [6, 6.07) is 1.95. The molecule has 0 spiro atoms. The molecular formula is C15H23NO2. The minimum absolute atomic E-state index is 0.0277. The molecule has 0 atom stereocenters. The van der Waals surface area contributed by atoms with Crippen molar-refractivity contribution < 1.29 is 10.2 Å². The lowest BCUT2D eigenvalue weighted by Crippen LogP contribution is -2.03. The molecule has 18 heavy (non-hydrogen) atoms. The van der Waals surface area contributed by atoms with E-state index in [1.807, 2.05) is 26.0 Å². The second-order valence-electron chi connectivity index (χ2n) is 5.11. The van der Waals surface area contributed by atoms with Gasteiger partial charge in [-0.2, -0.15) is 0 Å². The van der Waals surface area contributed by atoms with E-state index in [-0.39, 0.29) is 18.3 Å². The van der Waals surface area contributed by atoms with E-state index in [9.17, 15) is 5.11 Å². The van der Waals surface area contributed by atoms with Gasteiger partial charge in [0.05, 0.1) is 12.3 Å². The van der Waals surface area contributed by atoms with Crippen LogP contribution in [0, 0.1) is 0 Å². The molecule has 100 valence electrons. The highest BCUT2D eigenvalue weighted by molar-refractivity contribution is 5.41. The number of rotatable bonds is 5. The maximum atomic E-state index is 10.2. The predicted octanol–water partition coefficient (Wildman–Crippen LogP) is 3.13. The first-order chi connectivity index (χ1) is 8.47. The van der Waals surface area contributed by atoms with E-state index in [0.717, 1.165) is 17.0 Å². The molecule has 0 amide bonds. The predicted molar refractivity (Wildman–Crippen MR) is 74.0 cm³/mol. The number of hydrogen-bond acceptors (Lipinski definition) is 3. The van der Waals surface area contributed by atoms with Crippen LogP contribution in [0.4, 0.5) is 0 Å². The Morgan fingerprint density at radius 1 is 1.17 bits per heavy atom. The average molecular weight is 249 g/mol. The number of aromatic nitrogens is 1. The van der Waals surface area contributed by atoms with Gasteiger partial charge in [-0.15, -0.1) is 0 Å². The number of hydrogen-bond donors (Lipinski definition) is 2. The van der Waals surface area contributed by atoms with Gasteiger partial charge < -0.3 is 10.2 Å². The van der Waals surface area contributed by atoms with Gasteiger partial charge in [-0.25, -0.2) is 0 Å². The van der Waals surface area contributed by atoms with E-state index in [4.69, 9.17) is 5.11 Å². The van der Waals surface area contributed by atoms with Gasteiger partial charge in [0.2, 0.25) is 0 Å². The number of pyridine rings is 1. The molecule has 0 aliphatic rings. The van der Waals surface area contributed by atoms with E-state index in [1.165, 1.54) is 0 Å². The molecule has 0 saturated carbocycles. The summed E-state index contributed by atoms with van der Waals surface area (Å²) in [6.45, 7) is 8.27. The zero-order valence-corrected chi connectivity index (χ0v) is 11.6. The summed E-state index contributed by atoms with van der Waals surface area (Å²) >= 11 is 0. The van der Waals surface area contributed by atoms with Crippen LogP contribution in [-0.4, -0.2) is 21.8 Å². The zero-order valence-electron chi connectivity index (χ0n) is 11.6. The van der Waals surface area contributed by atoms with Crippen LogP contribution in [0.1, 0.15) is 56.5 Å². The topological polar surface area (TPSA) is 53.4 Å². The third-order valence-corrected chi connectivity index (χ3v) is 2.87. The summed E-state index contributed by atoms with van der Waals surface area (Å²) in [6.07, 6.45) is 4.17. The summed E-state index contributed by atoms with van der Waals surface area (Å²) in [5.74, 6) is 0.824. The summed E-state index contributed by atoms with van der Waals surface area (Å²) in [5.41, 5.74) is 2.64. The number of nitrogens with zero attached hydrogens (tertiary/aromatic N) is 1. The SMILES string of the molecule is CC(C)c1cc(CC=CCO)c(O)c(C(C)C)n1. The van der Waals surface area contributed by atoms with Crippen LogP contribution < -0.4 is 0 Å². The molecular weight excluding hydrogens is 226 g/mol. The molecule has 2 N–H and O–H groups in total. The van der Waals surface area contributed by atoms with E-state index in [1.54, 1.807) is 6.08 Å². The van der Waals surface area contributed by atoms with Crippen molar-refractivity contribution in [1.82, 2.24) is 4.98 Å². The van der Waals surface area contributed by atoms with Gasteiger partial charge in [0.25, 0.3) is 0 Å². The molecule has 3 nitrogen and oxygen atoms in total. The Bertz CT molecular complexity index is 423. The molecule has 1 aromatic heterocycles. The Morgan fingerprint density at radius 2 is 1.83 bits per heavy atom. The molecule has 0 fully saturated rings. The first kappa shape index (κ1) is 14.7. The smallest absolute Gasteiger partial charge is 0.140 e. The standard InChI is InChI=1S/C15H23NO2/c1-10(2)13-9-12(7-5-6-8-17)15(18)14(16-13)11(3)4/h5-6,9-11,17-18H,7-8H2,1-4H3. The first-order valence-electron chi connectivity index (χ1n) is 6.45. The van der Waals surface area contributed by atoms with Crippen molar-refractivity contribution in [3.05, 3.63) is 35.2 Å². The largest absolute Gasteiger partial charge is 0.506 e. The lowest BCUT2D eigenvalue weighted by Gasteiger charge is -2.15. The molecule has 0 aromatic carbocycles. The van der Waals surface area contributed by atoms with E-state index in [0.29, 0.717) is 12.3 Å². The van der Waals surface area contributed by atoms with Gasteiger partial charge in [0.1, 0.15) is 5.75 Å². The van der Waals surface area contributed by atoms with Crippen LogP contribution in [0.3, 0.4) is 0 Å². The first-order valence-corrected chi connectivity index (χ1v) is 6.45. The van der Waals surface area contributed by atoms with Crippen LogP contribution >= 0.6 is 0 Å². The van der Waals surface area contributed by atoms with Crippen LogP contribution in [0.2, 0.25) is 0 Å². The van der Waals surface area contributed by atoms with Gasteiger partial charge in [0.15, 0.2) is 0 Å². The second-order valence-corrected chi connectivity index (χ2v) is 5.11. The maximum Gasteiger partial charge on any atom is 0.140 e. The maximum absolute atomic E-state index is 10.2. The number of aromatic hydroxyl groups is 1. The number of aliphatic hydroxyl groups is 1. The van der Waals surface area contributed by atoms with Crippen LogP contribution in [0.15, 0.2) is 18.2 Å². The van der Waals surface area contributed by atoms with E-state index >= 15 is 0 Å². The average Bonchev–Trinajstić information content (AvgIpc) is 2.30. The fourth-order valence-corrected chi connectivity index (χ4v) is 1.77. The normalized spacial score (nSPS) is 11.9. The quantitative estimate of drug-likeness (QED) is 0.788. The Hall–Kier alpha value is -1.35. The molecule has 0 radical (unpaired) electrons. The Kier molecular flexibility index (Phi) is 5.35. The van der Waals surface area contributed by atoms with Crippen molar-refractivity contribution in [2.75, 3.05) is 6.61 Å². The van der Waals surface area contributed by atoms with Crippen LogP contribution in [0.25, 0.3) is 0 Å². The van der Waals surface area contributed by atoms with E-state index < -0.39 is 0 Å². The van der Waals surface area contributed by atoms with Gasteiger partial charge in [0, 0.05) is 11.3 Å². The van der Waals surface area contributed by atoms with Crippen molar-refractivity contribution >= 4 is 0 Å². The van der Waals surface area contributed by atoms with Gasteiger partial charge in [-0.3, -0.25) is 4.98 Å². The molecule has 0 saturated heterocycles. The summed E-state index contributed by atoms with van der Waals surface area (Å²) < 4.78 is 0. The van der Waals surface area contributed by atoms with E-state index in [2.05, 4.69) is 18.8 Å². The third kappa shape index (κ3) is 3.57. The van der Waals surface area contributed by atoms with Crippen molar-refractivity contribution in [3.8, 4) is 5.75 Å². The summed E-state index contributed by atoms with van der Waals surface area (Å²) in [4.78, 5) is 4.54. The second kappa shape index (κ2) is 6.55. The fourth-order valence-electron chi connectivity index (χ4n) is 1.77. The molecule has 1 aromatic rings. The highest BCUT2D eigenvalue weighted by Gasteiger charge is 2.15. The van der Waals surface area contributed by atoms with Crippen LogP contribution in [-0.2, 0) is 6.42 Å². The van der Waals surface area contributed by atoms with Gasteiger partial charge >= 0.3 is 0 Å². The Morgan fingerprint density at radius 3 is 2.33 bits per heavy atom. The molecule has 3 heteroatoms. The molecule has 0 unspecified atom stereocenters. The highest BCUT2D eigenvalue weighted by atomic mass is 16.3. The molecule has 0 aliphatic carbocycles. The molecule has 1 rings (SSSR count). The minimum atomic E-state index is 0.0277. The third-order valence-electron chi connectivity index (χ3n) is 2.87. The minimum Gasteiger partial charge on any atom is -0.506 e. The zero-order chi connectivity index (χ0) is 13.7. The van der Waals surface area contributed by atoms with Crippen LogP contribution in [0.5, 0.6) is 5.75 Å². The molecule has 1 heterocycles. The Balaban J connectivity index is 3.18. The monoisotopic (exact) mass is 249 g/mol. The van der Waals surface area contributed by atoms with Gasteiger partial charge in [-0.05, 0) is 24.3 Å². The summed E-state index contributed by atoms with van der Waals surface area (Å²) in [5, 5.41) is 18.9. The number of aliphatic hydroxyl groups excluding tert-OH is 1. The number of allylic oxidation sites excluding steroid dienone is 1. The highest BCUT2D eigenvalue weighted by Crippen LogP contribution is 2.30. The van der Waals surface area contributed by atoms with Crippen molar-refractivity contribution in [2.24, 2.45) is 0 Å². The lowest BCUT2D eigenvalue weighted by atomic mass is 9.99. The van der Waals surface area contributed by atoms with Crippen molar-refractivity contribution in [1.29, 1.82) is 0 Å². The molecule has 0 aliphatic heterocycles. The lowest BCUT2D eigenvalue weighted by molar-refractivity contribution is 0.342. The van der Waals surface area contributed by atoms with Crippen molar-refractivity contribution in [3.63, 3.8) is 0 Å². The molecule has 0 bridgehead atoms.